The summed E-state index contributed by atoms with van der Waals surface area (Å²) in [4.78, 5) is 14.0. The van der Waals surface area contributed by atoms with Crippen LogP contribution in [0.3, 0.4) is 0 Å². The number of nitrogens with zero attached hydrogens (tertiary/aromatic N) is 1. The normalized spacial score (nSPS) is 16.8. The molecule has 4 nitrogen and oxygen atoms in total. The Morgan fingerprint density at radius 3 is 2.83 bits per heavy atom. The minimum atomic E-state index is -0.435. The average Bonchev–Trinajstić information content (AvgIpc) is 2.58. The van der Waals surface area contributed by atoms with Crippen LogP contribution in [-0.4, -0.2) is 30.0 Å². The van der Waals surface area contributed by atoms with Gasteiger partial charge in [-0.3, -0.25) is 4.79 Å². The van der Waals surface area contributed by atoms with Crippen LogP contribution >= 0.6 is 0 Å². The molecule has 1 aromatic rings. The Morgan fingerprint density at radius 2 is 2.11 bits per heavy atom. The molecule has 0 saturated carbocycles. The summed E-state index contributed by atoms with van der Waals surface area (Å²) < 4.78 is 5.63. The van der Waals surface area contributed by atoms with E-state index in [0.29, 0.717) is 19.7 Å². The zero-order valence-corrected chi connectivity index (χ0v) is 10.9. The molecule has 0 spiro atoms. The van der Waals surface area contributed by atoms with Gasteiger partial charge in [0.25, 0.3) is 0 Å². The Kier molecular flexibility index (Phi) is 3.87. The molecule has 2 N–H and O–H groups in total. The maximum atomic E-state index is 12.2. The smallest absolute Gasteiger partial charge is 0.240 e. The molecule has 1 atom stereocenters. The van der Waals surface area contributed by atoms with E-state index in [1.54, 1.807) is 4.90 Å². The molecule has 18 heavy (non-hydrogen) atoms. The molecule has 0 radical (unpaired) electrons. The minimum Gasteiger partial charge on any atom is -0.491 e. The van der Waals surface area contributed by atoms with Gasteiger partial charge in [-0.1, -0.05) is 32.0 Å². The second-order valence-electron chi connectivity index (χ2n) is 4.99. The Labute approximate surface area is 108 Å². The van der Waals surface area contributed by atoms with E-state index in [1.165, 1.54) is 0 Å². The van der Waals surface area contributed by atoms with Crippen LogP contribution in [0, 0.1) is 5.92 Å². The molecule has 0 aromatic heterocycles. The first-order valence-corrected chi connectivity index (χ1v) is 6.34. The Morgan fingerprint density at radius 1 is 1.39 bits per heavy atom. The molecule has 1 heterocycles. The van der Waals surface area contributed by atoms with Crippen molar-refractivity contribution in [2.45, 2.75) is 26.4 Å². The number of para-hydroxylation sites is 1. The number of rotatable bonds is 2. The summed E-state index contributed by atoms with van der Waals surface area (Å²) in [5, 5.41) is 0. The summed E-state index contributed by atoms with van der Waals surface area (Å²) >= 11 is 0. The van der Waals surface area contributed by atoms with Crippen LogP contribution in [0.5, 0.6) is 5.75 Å². The van der Waals surface area contributed by atoms with E-state index in [4.69, 9.17) is 10.5 Å². The van der Waals surface area contributed by atoms with Gasteiger partial charge in [0.05, 0.1) is 12.6 Å². The SMILES string of the molecule is CC(C)[C@H](N)C(=O)N1CCOc2ccccc2C1. The summed E-state index contributed by atoms with van der Waals surface area (Å²) in [7, 11) is 0. The summed E-state index contributed by atoms with van der Waals surface area (Å²) in [6.07, 6.45) is 0. The number of amides is 1. The van der Waals surface area contributed by atoms with Crippen LogP contribution in [0.4, 0.5) is 0 Å². The lowest BCUT2D eigenvalue weighted by Gasteiger charge is -2.25. The fourth-order valence-corrected chi connectivity index (χ4v) is 2.01. The first-order valence-electron chi connectivity index (χ1n) is 6.34. The summed E-state index contributed by atoms with van der Waals surface area (Å²) in [5.74, 6) is 1.02. The Hall–Kier alpha value is -1.55. The van der Waals surface area contributed by atoms with Gasteiger partial charge >= 0.3 is 0 Å². The van der Waals surface area contributed by atoms with Gasteiger partial charge < -0.3 is 15.4 Å². The van der Waals surface area contributed by atoms with E-state index in [1.807, 2.05) is 38.1 Å². The van der Waals surface area contributed by atoms with Gasteiger partial charge in [0.15, 0.2) is 0 Å². The van der Waals surface area contributed by atoms with Gasteiger partial charge in [0.1, 0.15) is 12.4 Å². The van der Waals surface area contributed by atoms with Crippen molar-refractivity contribution in [2.75, 3.05) is 13.2 Å². The summed E-state index contributed by atoms with van der Waals surface area (Å²) in [5.41, 5.74) is 6.97. The summed E-state index contributed by atoms with van der Waals surface area (Å²) in [6, 6.07) is 7.39. The van der Waals surface area contributed by atoms with E-state index >= 15 is 0 Å². The number of carbonyl (C=O) groups is 1. The highest BCUT2D eigenvalue weighted by Crippen LogP contribution is 2.22. The zero-order chi connectivity index (χ0) is 13.1. The van der Waals surface area contributed by atoms with Crippen LogP contribution in [0.2, 0.25) is 0 Å². The van der Waals surface area contributed by atoms with E-state index in [0.717, 1.165) is 11.3 Å². The van der Waals surface area contributed by atoms with Gasteiger partial charge in [-0.2, -0.15) is 0 Å². The molecule has 0 fully saturated rings. The van der Waals surface area contributed by atoms with Gasteiger partial charge in [-0.15, -0.1) is 0 Å². The topological polar surface area (TPSA) is 55.6 Å². The lowest BCUT2D eigenvalue weighted by molar-refractivity contribution is -0.134. The number of hydrogen-bond acceptors (Lipinski definition) is 3. The monoisotopic (exact) mass is 248 g/mol. The first-order chi connectivity index (χ1) is 8.59. The Bertz CT molecular complexity index is 432. The molecule has 0 bridgehead atoms. The number of fused-ring (bicyclic) bond motifs is 1. The van der Waals surface area contributed by atoms with Gasteiger partial charge in [-0.25, -0.2) is 0 Å². The average molecular weight is 248 g/mol. The lowest BCUT2D eigenvalue weighted by atomic mass is 10.0. The van der Waals surface area contributed by atoms with E-state index in [2.05, 4.69) is 0 Å². The maximum absolute atomic E-state index is 12.2. The van der Waals surface area contributed by atoms with Gasteiger partial charge in [-0.05, 0) is 12.0 Å². The zero-order valence-electron chi connectivity index (χ0n) is 10.9. The standard InChI is InChI=1S/C14H20N2O2/c1-10(2)13(15)14(17)16-7-8-18-12-6-4-3-5-11(12)9-16/h3-6,10,13H,7-9,15H2,1-2H3/t13-/m0/s1. The van der Waals surface area contributed by atoms with Crippen molar-refractivity contribution in [2.24, 2.45) is 11.7 Å². The van der Waals surface area contributed by atoms with Crippen LogP contribution < -0.4 is 10.5 Å². The molecule has 1 aromatic carbocycles. The van der Waals surface area contributed by atoms with E-state index in [-0.39, 0.29) is 11.8 Å². The maximum Gasteiger partial charge on any atom is 0.240 e. The van der Waals surface area contributed by atoms with Crippen LogP contribution in [-0.2, 0) is 11.3 Å². The Balaban J connectivity index is 2.15. The molecule has 0 saturated heterocycles. The second kappa shape index (κ2) is 5.40. The van der Waals surface area contributed by atoms with Crippen molar-refractivity contribution in [3.8, 4) is 5.75 Å². The molecule has 4 heteroatoms. The van der Waals surface area contributed by atoms with Crippen molar-refractivity contribution in [1.82, 2.24) is 4.90 Å². The fraction of sp³-hybridized carbons (Fsp3) is 0.500. The molecule has 1 aliphatic rings. The second-order valence-corrected chi connectivity index (χ2v) is 4.99. The van der Waals surface area contributed by atoms with Crippen LogP contribution in [0.15, 0.2) is 24.3 Å². The molecule has 2 rings (SSSR count). The lowest BCUT2D eigenvalue weighted by Crippen LogP contribution is -2.46. The quantitative estimate of drug-likeness (QED) is 0.860. The number of benzene rings is 1. The molecular weight excluding hydrogens is 228 g/mol. The number of carbonyl (C=O) groups excluding carboxylic acids is 1. The van der Waals surface area contributed by atoms with Gasteiger partial charge in [0, 0.05) is 12.1 Å². The molecule has 0 unspecified atom stereocenters. The van der Waals surface area contributed by atoms with Crippen molar-refractivity contribution in [1.29, 1.82) is 0 Å². The third-order valence-corrected chi connectivity index (χ3v) is 3.27. The molecule has 0 aliphatic carbocycles. The van der Waals surface area contributed by atoms with E-state index in [9.17, 15) is 4.79 Å². The number of nitrogens with two attached hydrogens (primary N) is 1. The molecule has 1 amide bonds. The number of ether oxygens (including phenoxy) is 1. The number of hydrogen-bond donors (Lipinski definition) is 1. The van der Waals surface area contributed by atoms with Gasteiger partial charge in [0.2, 0.25) is 5.91 Å². The van der Waals surface area contributed by atoms with Crippen molar-refractivity contribution >= 4 is 5.91 Å². The van der Waals surface area contributed by atoms with Crippen molar-refractivity contribution in [3.63, 3.8) is 0 Å². The minimum absolute atomic E-state index is 0.00491. The van der Waals surface area contributed by atoms with Crippen LogP contribution in [0.1, 0.15) is 19.4 Å². The van der Waals surface area contributed by atoms with E-state index < -0.39 is 6.04 Å². The highest BCUT2D eigenvalue weighted by Gasteiger charge is 2.25. The van der Waals surface area contributed by atoms with Crippen molar-refractivity contribution < 1.29 is 9.53 Å². The summed E-state index contributed by atoms with van der Waals surface area (Å²) in [6.45, 7) is 5.62. The highest BCUT2D eigenvalue weighted by atomic mass is 16.5. The highest BCUT2D eigenvalue weighted by molar-refractivity contribution is 5.82. The third-order valence-electron chi connectivity index (χ3n) is 3.27. The predicted molar refractivity (Wildman–Crippen MR) is 70.2 cm³/mol. The van der Waals surface area contributed by atoms with Crippen LogP contribution in [0.25, 0.3) is 0 Å². The largest absolute Gasteiger partial charge is 0.491 e. The first kappa shape index (κ1) is 12.9. The van der Waals surface area contributed by atoms with Crippen molar-refractivity contribution in [3.05, 3.63) is 29.8 Å². The molecule has 1 aliphatic heterocycles. The molecule has 98 valence electrons. The predicted octanol–water partition coefficient (Wildman–Crippen LogP) is 1.39. The fourth-order valence-electron chi connectivity index (χ4n) is 2.01. The third kappa shape index (κ3) is 2.64. The molecular formula is C14H20N2O2.